The predicted molar refractivity (Wildman–Crippen MR) is 111 cm³/mol. The zero-order valence-electron chi connectivity index (χ0n) is 17.5. The van der Waals surface area contributed by atoms with Gasteiger partial charge in [-0.15, -0.1) is 0 Å². The van der Waals surface area contributed by atoms with Crippen LogP contribution in [0.1, 0.15) is 50.3 Å². The number of pyridine rings is 1. The molecule has 2 aromatic heterocycles. The zero-order chi connectivity index (χ0) is 19.9. The van der Waals surface area contributed by atoms with Gasteiger partial charge in [-0.25, -0.2) is 4.98 Å². The van der Waals surface area contributed by atoms with Crippen LogP contribution in [-0.4, -0.2) is 45.9 Å². The Kier molecular flexibility index (Phi) is 5.17. The highest BCUT2D eigenvalue weighted by Gasteiger charge is 2.24. The minimum atomic E-state index is -0.221. The fraction of sp³-hybridized carbons (Fsp3) is 0.545. The number of hydrogen-bond acceptors (Lipinski definition) is 4. The van der Waals surface area contributed by atoms with Gasteiger partial charge in [-0.3, -0.25) is 9.20 Å². The summed E-state index contributed by atoms with van der Waals surface area (Å²) in [5.41, 5.74) is 4.69. The van der Waals surface area contributed by atoms with E-state index in [-0.39, 0.29) is 11.0 Å². The molecule has 3 rings (SSSR count). The third-order valence-corrected chi connectivity index (χ3v) is 5.64. The van der Waals surface area contributed by atoms with E-state index < -0.39 is 0 Å². The lowest BCUT2D eigenvalue weighted by atomic mass is 9.89. The van der Waals surface area contributed by atoms with Crippen molar-refractivity contribution < 1.29 is 0 Å². The Labute approximate surface area is 162 Å². The molecule has 0 saturated carbocycles. The normalized spacial score (nSPS) is 18.1. The molecule has 2 aromatic rings. The first-order chi connectivity index (χ1) is 12.6. The van der Waals surface area contributed by atoms with Crippen LogP contribution in [0.3, 0.4) is 0 Å². The number of likely N-dealkylation sites (N-methyl/N-ethyl adjacent to an activating group) is 2. The Bertz CT molecular complexity index is 922. The average Bonchev–Trinajstić information content (AvgIpc) is 2.86. The summed E-state index contributed by atoms with van der Waals surface area (Å²) in [5.74, 6) is 0. The van der Waals surface area contributed by atoms with Gasteiger partial charge in [0.05, 0.1) is 0 Å². The van der Waals surface area contributed by atoms with Crippen LogP contribution in [0.25, 0.3) is 5.65 Å². The molecule has 1 saturated heterocycles. The molecule has 1 aliphatic heterocycles. The van der Waals surface area contributed by atoms with Gasteiger partial charge in [-0.1, -0.05) is 27.4 Å². The van der Waals surface area contributed by atoms with Crippen molar-refractivity contribution in [2.45, 2.75) is 58.5 Å². The Morgan fingerprint density at radius 3 is 2.67 bits per heavy atom. The molecule has 1 atom stereocenters. The maximum Gasteiger partial charge on any atom is 0.261 e. The molecule has 146 valence electrons. The number of aryl methyl sites for hydroxylation is 1. The van der Waals surface area contributed by atoms with Crippen molar-refractivity contribution in [3.05, 3.63) is 57.8 Å². The maximum atomic E-state index is 13.0. The molecule has 0 bridgehead atoms. The van der Waals surface area contributed by atoms with Crippen LogP contribution in [0, 0.1) is 6.92 Å². The van der Waals surface area contributed by atoms with E-state index in [2.05, 4.69) is 41.5 Å². The maximum absolute atomic E-state index is 13.0. The molecular weight excluding hydrogens is 336 g/mol. The number of aromatic nitrogens is 2. The molecule has 27 heavy (non-hydrogen) atoms. The molecule has 1 fully saturated rings. The fourth-order valence-electron chi connectivity index (χ4n) is 3.94. The highest BCUT2D eigenvalue weighted by atomic mass is 16.1. The van der Waals surface area contributed by atoms with Crippen molar-refractivity contribution in [3.63, 3.8) is 0 Å². The van der Waals surface area contributed by atoms with Crippen LogP contribution in [0.15, 0.2) is 35.5 Å². The standard InChI is InChI=1S/C22H32N4O/c1-15-10-17(12-24(6)14-18-9-8-16(2)25(18)7)13-26-20(15)23-11-19(21(26)27)22(3,4)5/h10-11,13,18H,2,8-9,12,14H2,1,3-7H3/t18-/m0/s1. The van der Waals surface area contributed by atoms with Crippen molar-refractivity contribution in [2.24, 2.45) is 0 Å². The van der Waals surface area contributed by atoms with Gasteiger partial charge < -0.3 is 9.80 Å². The summed E-state index contributed by atoms with van der Waals surface area (Å²) in [4.78, 5) is 22.2. The number of fused-ring (bicyclic) bond motifs is 1. The van der Waals surface area contributed by atoms with Crippen molar-refractivity contribution in [1.82, 2.24) is 19.2 Å². The number of nitrogens with zero attached hydrogens (tertiary/aromatic N) is 4. The molecule has 0 unspecified atom stereocenters. The van der Waals surface area contributed by atoms with Gasteiger partial charge in [0.15, 0.2) is 0 Å². The molecular formula is C22H32N4O. The number of hydrogen-bond donors (Lipinski definition) is 0. The lowest BCUT2D eigenvalue weighted by molar-refractivity contribution is 0.231. The van der Waals surface area contributed by atoms with Gasteiger partial charge in [0, 0.05) is 49.8 Å². The Morgan fingerprint density at radius 2 is 2.07 bits per heavy atom. The van der Waals surface area contributed by atoms with E-state index in [1.165, 1.54) is 5.70 Å². The van der Waals surface area contributed by atoms with E-state index in [0.29, 0.717) is 6.04 Å². The second-order valence-corrected chi connectivity index (χ2v) is 9.02. The van der Waals surface area contributed by atoms with Crippen LogP contribution in [0.5, 0.6) is 0 Å². The summed E-state index contributed by atoms with van der Waals surface area (Å²) in [6.45, 7) is 14.1. The van der Waals surface area contributed by atoms with Crippen LogP contribution >= 0.6 is 0 Å². The minimum absolute atomic E-state index is 0.0342. The monoisotopic (exact) mass is 368 g/mol. The number of allylic oxidation sites excluding steroid dienone is 1. The van der Waals surface area contributed by atoms with Crippen molar-refractivity contribution in [3.8, 4) is 0 Å². The second-order valence-electron chi connectivity index (χ2n) is 9.02. The van der Waals surface area contributed by atoms with Gasteiger partial charge in [-0.2, -0.15) is 0 Å². The summed E-state index contributed by atoms with van der Waals surface area (Å²) < 4.78 is 1.72. The Balaban J connectivity index is 1.88. The lowest BCUT2D eigenvalue weighted by Gasteiger charge is -2.27. The molecule has 0 spiro atoms. The molecule has 0 radical (unpaired) electrons. The van der Waals surface area contributed by atoms with E-state index in [1.54, 1.807) is 10.6 Å². The second kappa shape index (κ2) is 7.12. The van der Waals surface area contributed by atoms with Gasteiger partial charge in [-0.05, 0) is 49.4 Å². The topological polar surface area (TPSA) is 40.9 Å². The highest BCUT2D eigenvalue weighted by Crippen LogP contribution is 2.25. The summed E-state index contributed by atoms with van der Waals surface area (Å²) in [7, 11) is 4.27. The van der Waals surface area contributed by atoms with Crippen LogP contribution < -0.4 is 5.56 Å². The molecule has 5 heteroatoms. The van der Waals surface area contributed by atoms with Crippen LogP contribution in [0.2, 0.25) is 0 Å². The molecule has 0 N–H and O–H groups in total. The van der Waals surface area contributed by atoms with E-state index in [1.807, 2.05) is 33.9 Å². The smallest absolute Gasteiger partial charge is 0.261 e. The predicted octanol–water partition coefficient (Wildman–Crippen LogP) is 3.34. The first kappa shape index (κ1) is 19.6. The van der Waals surface area contributed by atoms with Gasteiger partial charge in [0.1, 0.15) is 5.65 Å². The molecule has 3 heterocycles. The summed E-state index contributed by atoms with van der Waals surface area (Å²) in [5, 5.41) is 0. The first-order valence-corrected chi connectivity index (χ1v) is 9.68. The zero-order valence-corrected chi connectivity index (χ0v) is 17.5. The Hall–Kier alpha value is -2.14. The summed E-state index contributed by atoms with van der Waals surface area (Å²) in [6.07, 6.45) is 5.94. The summed E-state index contributed by atoms with van der Waals surface area (Å²) in [6, 6.07) is 2.66. The van der Waals surface area contributed by atoms with E-state index in [9.17, 15) is 4.79 Å². The van der Waals surface area contributed by atoms with Crippen molar-refractivity contribution in [1.29, 1.82) is 0 Å². The average molecular weight is 369 g/mol. The van der Waals surface area contributed by atoms with E-state index in [4.69, 9.17) is 0 Å². The van der Waals surface area contributed by atoms with Crippen LogP contribution in [0.4, 0.5) is 0 Å². The van der Waals surface area contributed by atoms with Gasteiger partial charge in [0.25, 0.3) is 5.56 Å². The molecule has 1 aliphatic rings. The SMILES string of the molecule is C=C1CC[C@@H](CN(C)Cc2cc(C)c3ncc(C(C)(C)C)c(=O)n3c2)N1C. The minimum Gasteiger partial charge on any atom is -0.374 e. The Morgan fingerprint density at radius 1 is 1.37 bits per heavy atom. The first-order valence-electron chi connectivity index (χ1n) is 9.68. The summed E-state index contributed by atoms with van der Waals surface area (Å²) >= 11 is 0. The van der Waals surface area contributed by atoms with Crippen molar-refractivity contribution >= 4 is 5.65 Å². The van der Waals surface area contributed by atoms with Gasteiger partial charge >= 0.3 is 0 Å². The third-order valence-electron chi connectivity index (χ3n) is 5.64. The van der Waals surface area contributed by atoms with E-state index >= 15 is 0 Å². The highest BCUT2D eigenvalue weighted by molar-refractivity contribution is 5.48. The van der Waals surface area contributed by atoms with E-state index in [0.717, 1.165) is 48.3 Å². The molecule has 5 nitrogen and oxygen atoms in total. The molecule has 0 aliphatic carbocycles. The number of likely N-dealkylation sites (tertiary alicyclic amines) is 1. The largest absolute Gasteiger partial charge is 0.374 e. The van der Waals surface area contributed by atoms with Crippen LogP contribution in [-0.2, 0) is 12.0 Å². The third kappa shape index (κ3) is 3.93. The van der Waals surface area contributed by atoms with Crippen molar-refractivity contribution in [2.75, 3.05) is 20.6 Å². The quantitative estimate of drug-likeness (QED) is 0.830. The lowest BCUT2D eigenvalue weighted by Crippen LogP contribution is -2.35. The molecule has 0 aromatic carbocycles. The molecule has 0 amide bonds. The number of rotatable bonds is 4. The van der Waals surface area contributed by atoms with Gasteiger partial charge in [0.2, 0.25) is 0 Å². The fourth-order valence-corrected chi connectivity index (χ4v) is 3.94.